The molecule has 1 aromatic heterocycles. The van der Waals surface area contributed by atoms with Gasteiger partial charge in [-0.2, -0.15) is 0 Å². The van der Waals surface area contributed by atoms with Crippen molar-refractivity contribution in [2.24, 2.45) is 10.7 Å². The smallest absolute Gasteiger partial charge is 0.196 e. The first-order valence-corrected chi connectivity index (χ1v) is 6.89. The van der Waals surface area contributed by atoms with Crippen LogP contribution in [0.25, 0.3) is 0 Å². The molecule has 0 spiro atoms. The number of nitrogens with two attached hydrogens (primary N) is 1. The van der Waals surface area contributed by atoms with E-state index in [0.29, 0.717) is 17.5 Å². The van der Waals surface area contributed by atoms with Crippen molar-refractivity contribution in [3.05, 3.63) is 51.7 Å². The second-order valence-electron chi connectivity index (χ2n) is 4.08. The first-order valence-electron chi connectivity index (χ1n) is 5.64. The molecule has 3 rings (SSSR count). The number of halogens is 1. The highest BCUT2D eigenvalue weighted by Gasteiger charge is 2.29. The van der Waals surface area contributed by atoms with Crippen LogP contribution in [0.2, 0.25) is 5.02 Å². The molecule has 1 aliphatic rings. The summed E-state index contributed by atoms with van der Waals surface area (Å²) >= 11 is 7.76. The average Bonchev–Trinajstić information content (AvgIpc) is 2.97. The molecule has 3 nitrogen and oxygen atoms in total. The maximum Gasteiger partial charge on any atom is 0.196 e. The first-order chi connectivity index (χ1) is 8.75. The van der Waals surface area contributed by atoms with Gasteiger partial charge in [0.2, 0.25) is 0 Å². The number of thiophene rings is 1. The highest BCUT2D eigenvalue weighted by atomic mass is 35.5. The van der Waals surface area contributed by atoms with Crippen LogP contribution in [0.3, 0.4) is 0 Å². The number of anilines is 1. The minimum absolute atomic E-state index is 0.184. The van der Waals surface area contributed by atoms with Crippen molar-refractivity contribution in [3.63, 3.8) is 0 Å². The second-order valence-corrected chi connectivity index (χ2v) is 5.50. The Morgan fingerprint density at radius 3 is 2.94 bits per heavy atom. The molecule has 0 amide bonds. The number of guanidine groups is 1. The molecule has 18 heavy (non-hydrogen) atoms. The lowest BCUT2D eigenvalue weighted by atomic mass is 10.2. The van der Waals surface area contributed by atoms with E-state index in [1.54, 1.807) is 11.3 Å². The maximum absolute atomic E-state index is 6.04. The molecule has 0 aliphatic carbocycles. The van der Waals surface area contributed by atoms with Gasteiger partial charge in [0.15, 0.2) is 5.96 Å². The predicted molar refractivity (Wildman–Crippen MR) is 77.5 cm³/mol. The van der Waals surface area contributed by atoms with E-state index in [4.69, 9.17) is 17.3 Å². The fraction of sp³-hybridized carbons (Fsp3) is 0.154. The summed E-state index contributed by atoms with van der Waals surface area (Å²) < 4.78 is 0. The summed E-state index contributed by atoms with van der Waals surface area (Å²) in [6.07, 6.45) is 0. The van der Waals surface area contributed by atoms with E-state index in [-0.39, 0.29) is 6.04 Å². The molecule has 0 saturated carbocycles. The highest BCUT2D eigenvalue weighted by molar-refractivity contribution is 7.10. The quantitative estimate of drug-likeness (QED) is 0.915. The van der Waals surface area contributed by atoms with E-state index in [9.17, 15) is 0 Å². The van der Waals surface area contributed by atoms with Crippen molar-refractivity contribution >= 4 is 34.6 Å². The fourth-order valence-corrected chi connectivity index (χ4v) is 3.13. The monoisotopic (exact) mass is 277 g/mol. The molecule has 1 unspecified atom stereocenters. The van der Waals surface area contributed by atoms with Gasteiger partial charge in [0, 0.05) is 15.6 Å². The number of hydrogen-bond acceptors (Lipinski definition) is 4. The summed E-state index contributed by atoms with van der Waals surface area (Å²) in [7, 11) is 0. The lowest BCUT2D eigenvalue weighted by molar-refractivity contribution is 0.785. The molecule has 0 fully saturated rings. The predicted octanol–water partition coefficient (Wildman–Crippen LogP) is 3.28. The summed E-state index contributed by atoms with van der Waals surface area (Å²) in [5, 5.41) is 2.78. The van der Waals surface area contributed by atoms with Gasteiger partial charge in [0.1, 0.15) is 0 Å². The van der Waals surface area contributed by atoms with E-state index in [1.807, 2.05) is 35.2 Å². The first kappa shape index (κ1) is 11.6. The van der Waals surface area contributed by atoms with Crippen molar-refractivity contribution in [2.75, 3.05) is 11.4 Å². The molecule has 92 valence electrons. The zero-order valence-corrected chi connectivity index (χ0v) is 11.2. The Labute approximate surface area is 115 Å². The van der Waals surface area contributed by atoms with E-state index in [0.717, 1.165) is 5.69 Å². The SMILES string of the molecule is NC1=NCC(c2cccs2)N1c1cccc(Cl)c1. The summed E-state index contributed by atoms with van der Waals surface area (Å²) in [5.41, 5.74) is 6.98. The van der Waals surface area contributed by atoms with E-state index >= 15 is 0 Å². The van der Waals surface area contributed by atoms with Crippen molar-refractivity contribution in [1.29, 1.82) is 0 Å². The van der Waals surface area contributed by atoms with Gasteiger partial charge in [-0.3, -0.25) is 4.99 Å². The second kappa shape index (κ2) is 4.63. The van der Waals surface area contributed by atoms with Crippen molar-refractivity contribution in [1.82, 2.24) is 0 Å². The summed E-state index contributed by atoms with van der Waals surface area (Å²) in [6, 6.07) is 12.0. The van der Waals surface area contributed by atoms with Crippen LogP contribution in [0.1, 0.15) is 10.9 Å². The third-order valence-corrected chi connectivity index (χ3v) is 4.15. The Morgan fingerprint density at radius 2 is 2.22 bits per heavy atom. The Kier molecular flexibility index (Phi) is 2.97. The molecule has 0 bridgehead atoms. The molecular formula is C13H12ClN3S. The number of benzene rings is 1. The lowest BCUT2D eigenvalue weighted by Gasteiger charge is -2.25. The fourth-order valence-electron chi connectivity index (χ4n) is 2.13. The van der Waals surface area contributed by atoms with Crippen LogP contribution in [0.4, 0.5) is 5.69 Å². The Morgan fingerprint density at radius 1 is 1.33 bits per heavy atom. The summed E-state index contributed by atoms with van der Waals surface area (Å²) in [6.45, 7) is 0.693. The van der Waals surface area contributed by atoms with Crippen LogP contribution in [0, 0.1) is 0 Å². The van der Waals surface area contributed by atoms with Crippen LogP contribution in [0.5, 0.6) is 0 Å². The van der Waals surface area contributed by atoms with Crippen LogP contribution >= 0.6 is 22.9 Å². The third kappa shape index (κ3) is 1.98. The summed E-state index contributed by atoms with van der Waals surface area (Å²) in [5.74, 6) is 0.552. The van der Waals surface area contributed by atoms with E-state index in [1.165, 1.54) is 4.88 Å². The maximum atomic E-state index is 6.04. The molecule has 2 N–H and O–H groups in total. The molecular weight excluding hydrogens is 266 g/mol. The van der Waals surface area contributed by atoms with Gasteiger partial charge in [0.25, 0.3) is 0 Å². The van der Waals surface area contributed by atoms with Gasteiger partial charge in [0.05, 0.1) is 12.6 Å². The Hall–Kier alpha value is -1.52. The van der Waals surface area contributed by atoms with Gasteiger partial charge in [-0.1, -0.05) is 23.7 Å². The minimum atomic E-state index is 0.184. The van der Waals surface area contributed by atoms with Gasteiger partial charge < -0.3 is 10.6 Å². The zero-order valence-electron chi connectivity index (χ0n) is 9.58. The van der Waals surface area contributed by atoms with Crippen LogP contribution in [-0.2, 0) is 0 Å². The molecule has 1 aliphatic heterocycles. The molecule has 0 radical (unpaired) electrons. The molecule has 5 heteroatoms. The van der Waals surface area contributed by atoms with Crippen molar-refractivity contribution < 1.29 is 0 Å². The molecule has 1 aromatic carbocycles. The normalized spacial score (nSPS) is 19.1. The van der Waals surface area contributed by atoms with Crippen molar-refractivity contribution in [2.45, 2.75) is 6.04 Å². The van der Waals surface area contributed by atoms with Crippen LogP contribution in [-0.4, -0.2) is 12.5 Å². The number of hydrogen-bond donors (Lipinski definition) is 1. The Balaban J connectivity index is 1.99. The molecule has 0 saturated heterocycles. The van der Waals surface area contributed by atoms with Gasteiger partial charge in [-0.05, 0) is 29.6 Å². The van der Waals surface area contributed by atoms with Crippen molar-refractivity contribution in [3.8, 4) is 0 Å². The zero-order chi connectivity index (χ0) is 12.5. The number of nitrogens with zero attached hydrogens (tertiary/aromatic N) is 2. The standard InChI is InChI=1S/C13H12ClN3S/c14-9-3-1-4-10(7-9)17-11(8-16-13(17)15)12-5-2-6-18-12/h1-7,11H,8H2,(H2,15,16). The highest BCUT2D eigenvalue weighted by Crippen LogP contribution is 2.34. The summed E-state index contributed by atoms with van der Waals surface area (Å²) in [4.78, 5) is 7.65. The van der Waals surface area contributed by atoms with Gasteiger partial charge in [-0.25, -0.2) is 0 Å². The number of rotatable bonds is 2. The largest absolute Gasteiger partial charge is 0.369 e. The molecule has 2 heterocycles. The lowest BCUT2D eigenvalue weighted by Crippen LogP contribution is -2.35. The Bertz CT molecular complexity index is 580. The van der Waals surface area contributed by atoms with Crippen LogP contribution < -0.4 is 10.6 Å². The number of aliphatic imine (C=N–C) groups is 1. The minimum Gasteiger partial charge on any atom is -0.369 e. The van der Waals surface area contributed by atoms with Gasteiger partial charge >= 0.3 is 0 Å². The van der Waals surface area contributed by atoms with E-state index in [2.05, 4.69) is 16.4 Å². The molecule has 2 aromatic rings. The van der Waals surface area contributed by atoms with E-state index < -0.39 is 0 Å². The van der Waals surface area contributed by atoms with Crippen LogP contribution in [0.15, 0.2) is 46.8 Å². The average molecular weight is 278 g/mol. The molecule has 1 atom stereocenters. The van der Waals surface area contributed by atoms with Gasteiger partial charge in [-0.15, -0.1) is 11.3 Å². The third-order valence-electron chi connectivity index (χ3n) is 2.94. The topological polar surface area (TPSA) is 41.6 Å².